The molecule has 0 saturated carbocycles. The summed E-state index contributed by atoms with van der Waals surface area (Å²) < 4.78 is 0. The maximum Gasteiger partial charge on any atom is 0.332 e. The van der Waals surface area contributed by atoms with Crippen LogP contribution in [-0.4, -0.2) is 11.1 Å². The van der Waals surface area contributed by atoms with Crippen LogP contribution in [0.1, 0.15) is 20.3 Å². The minimum Gasteiger partial charge on any atom is -0.478 e. The summed E-state index contributed by atoms with van der Waals surface area (Å²) in [5.74, 6) is -0.731. The molecule has 0 radical (unpaired) electrons. The van der Waals surface area contributed by atoms with Crippen LogP contribution in [-0.2, 0) is 4.79 Å². The van der Waals surface area contributed by atoms with Crippen molar-refractivity contribution in [1.82, 2.24) is 0 Å². The van der Waals surface area contributed by atoms with E-state index in [1.54, 1.807) is 6.07 Å². The summed E-state index contributed by atoms with van der Waals surface area (Å²) in [6.07, 6.45) is 1.53. The Balaban J connectivity index is 4.27. The van der Waals surface area contributed by atoms with E-state index in [9.17, 15) is 4.79 Å². The molecule has 1 N–H and O–H groups in total. The quantitative estimate of drug-likeness (QED) is 0.494. The van der Waals surface area contributed by atoms with E-state index in [1.165, 1.54) is 0 Å². The van der Waals surface area contributed by atoms with Gasteiger partial charge in [-0.05, 0) is 12.3 Å². The molecule has 0 bridgehead atoms. The molecule has 0 aliphatic carbocycles. The molecule has 0 aromatic heterocycles. The second kappa shape index (κ2) is 4.51. The highest BCUT2D eigenvalue weighted by Gasteiger charge is 2.08. The summed E-state index contributed by atoms with van der Waals surface area (Å²) in [5, 5.41) is 16.7. The molecule has 0 rings (SSSR count). The number of nitriles is 1. The lowest BCUT2D eigenvalue weighted by molar-refractivity contribution is -0.132. The van der Waals surface area contributed by atoms with Gasteiger partial charge in [-0.25, -0.2) is 4.79 Å². The molecule has 0 spiro atoms. The Bertz CT molecular complexity index is 211. The largest absolute Gasteiger partial charge is 0.478 e. The molecule has 0 aromatic rings. The Morgan fingerprint density at radius 3 is 2.55 bits per heavy atom. The predicted molar refractivity (Wildman–Crippen MR) is 40.8 cm³/mol. The predicted octanol–water partition coefficient (Wildman–Crippen LogP) is 1.57. The first-order valence-corrected chi connectivity index (χ1v) is 3.40. The van der Waals surface area contributed by atoms with Gasteiger partial charge in [0.1, 0.15) is 0 Å². The van der Waals surface area contributed by atoms with Crippen molar-refractivity contribution in [2.24, 2.45) is 5.92 Å². The molecule has 0 atom stereocenters. The molecule has 3 nitrogen and oxygen atoms in total. The summed E-state index contributed by atoms with van der Waals surface area (Å²) in [7, 11) is 0. The summed E-state index contributed by atoms with van der Waals surface area (Å²) in [4.78, 5) is 10.4. The first-order valence-electron chi connectivity index (χ1n) is 3.40. The van der Waals surface area contributed by atoms with Crippen LogP contribution in [0.4, 0.5) is 0 Å². The van der Waals surface area contributed by atoms with Crippen LogP contribution >= 0.6 is 0 Å². The molecule has 60 valence electrons. The average Bonchev–Trinajstić information content (AvgIpc) is 1.86. The van der Waals surface area contributed by atoms with Gasteiger partial charge in [-0.3, -0.25) is 0 Å². The van der Waals surface area contributed by atoms with Crippen LogP contribution in [0.5, 0.6) is 0 Å². The van der Waals surface area contributed by atoms with Crippen molar-refractivity contribution in [2.75, 3.05) is 0 Å². The van der Waals surface area contributed by atoms with E-state index in [0.29, 0.717) is 6.42 Å². The zero-order valence-corrected chi connectivity index (χ0v) is 6.66. The molecule has 0 fully saturated rings. The second-order valence-electron chi connectivity index (χ2n) is 2.70. The van der Waals surface area contributed by atoms with Crippen LogP contribution in [0.25, 0.3) is 0 Å². The van der Waals surface area contributed by atoms with Gasteiger partial charge in [-0.2, -0.15) is 5.26 Å². The van der Waals surface area contributed by atoms with Crippen LogP contribution in [0, 0.1) is 17.2 Å². The van der Waals surface area contributed by atoms with Gasteiger partial charge in [0.2, 0.25) is 0 Å². The second-order valence-corrected chi connectivity index (χ2v) is 2.70. The third kappa shape index (κ3) is 4.15. The van der Waals surface area contributed by atoms with Gasteiger partial charge < -0.3 is 5.11 Å². The van der Waals surface area contributed by atoms with E-state index >= 15 is 0 Å². The van der Waals surface area contributed by atoms with Gasteiger partial charge >= 0.3 is 5.97 Å². The van der Waals surface area contributed by atoms with Crippen molar-refractivity contribution >= 4 is 5.97 Å². The highest BCUT2D eigenvalue weighted by molar-refractivity contribution is 5.87. The normalized spacial score (nSPS) is 11.3. The minimum absolute atomic E-state index is 0.183. The lowest BCUT2D eigenvalue weighted by Crippen LogP contribution is -2.03. The monoisotopic (exact) mass is 153 g/mol. The van der Waals surface area contributed by atoms with E-state index in [2.05, 4.69) is 0 Å². The van der Waals surface area contributed by atoms with Crippen LogP contribution in [0.3, 0.4) is 0 Å². The lowest BCUT2D eigenvalue weighted by atomic mass is 10.0. The molecule has 0 aliphatic heterocycles. The average molecular weight is 153 g/mol. The Labute approximate surface area is 66.0 Å². The van der Waals surface area contributed by atoms with Gasteiger partial charge in [0.15, 0.2) is 0 Å². The number of hydrogen-bond acceptors (Lipinski definition) is 2. The van der Waals surface area contributed by atoms with E-state index < -0.39 is 5.97 Å². The maximum atomic E-state index is 10.4. The van der Waals surface area contributed by atoms with Crippen molar-refractivity contribution in [3.63, 3.8) is 0 Å². The highest BCUT2D eigenvalue weighted by atomic mass is 16.4. The number of rotatable bonds is 3. The summed E-state index contributed by atoms with van der Waals surface area (Å²) in [6, 6.07) is 1.71. The van der Waals surface area contributed by atoms with Crippen molar-refractivity contribution in [2.45, 2.75) is 20.3 Å². The van der Waals surface area contributed by atoms with Crippen molar-refractivity contribution in [1.29, 1.82) is 5.26 Å². The fraction of sp³-hybridized carbons (Fsp3) is 0.500. The molecule has 0 aromatic carbocycles. The molecule has 0 unspecified atom stereocenters. The fourth-order valence-corrected chi connectivity index (χ4v) is 0.726. The Morgan fingerprint density at radius 1 is 1.73 bits per heavy atom. The van der Waals surface area contributed by atoms with Gasteiger partial charge in [0.25, 0.3) is 0 Å². The lowest BCUT2D eigenvalue weighted by Gasteiger charge is -2.02. The molecule has 0 aliphatic rings. The summed E-state index contributed by atoms with van der Waals surface area (Å²) >= 11 is 0. The smallest absolute Gasteiger partial charge is 0.332 e. The number of carbonyl (C=O) groups is 1. The van der Waals surface area contributed by atoms with Crippen LogP contribution in [0.2, 0.25) is 0 Å². The number of nitrogens with zero attached hydrogens (tertiary/aromatic N) is 1. The number of carboxylic acid groups (broad SMARTS) is 1. The van der Waals surface area contributed by atoms with Gasteiger partial charge in [-0.1, -0.05) is 13.8 Å². The fourth-order valence-electron chi connectivity index (χ4n) is 0.726. The first-order chi connectivity index (χ1) is 5.07. The zero-order chi connectivity index (χ0) is 8.85. The number of hydrogen-bond donors (Lipinski definition) is 1. The van der Waals surface area contributed by atoms with Crippen molar-refractivity contribution in [3.05, 3.63) is 11.6 Å². The highest BCUT2D eigenvalue weighted by Crippen LogP contribution is 2.09. The number of allylic oxidation sites excluding steroid dienone is 1. The molecule has 3 heteroatoms. The third-order valence-corrected chi connectivity index (χ3v) is 1.14. The van der Waals surface area contributed by atoms with Gasteiger partial charge in [0, 0.05) is 11.6 Å². The van der Waals surface area contributed by atoms with Crippen molar-refractivity contribution in [3.8, 4) is 6.07 Å². The van der Waals surface area contributed by atoms with E-state index in [4.69, 9.17) is 10.4 Å². The van der Waals surface area contributed by atoms with Gasteiger partial charge in [0.05, 0.1) is 6.07 Å². The molecule has 0 amide bonds. The van der Waals surface area contributed by atoms with Gasteiger partial charge in [-0.15, -0.1) is 0 Å². The number of aliphatic carboxylic acids is 1. The molecule has 0 saturated heterocycles. The molecule has 11 heavy (non-hydrogen) atoms. The minimum atomic E-state index is -1.000. The molecular weight excluding hydrogens is 142 g/mol. The molecule has 0 heterocycles. The number of carboxylic acids is 1. The summed E-state index contributed by atoms with van der Waals surface area (Å²) in [5.41, 5.74) is 0.183. The summed E-state index contributed by atoms with van der Waals surface area (Å²) in [6.45, 7) is 3.82. The third-order valence-electron chi connectivity index (χ3n) is 1.14. The Kier molecular flexibility index (Phi) is 3.97. The molecular formula is C8H11NO2. The maximum absolute atomic E-state index is 10.4. The Morgan fingerprint density at radius 2 is 2.27 bits per heavy atom. The topological polar surface area (TPSA) is 61.1 Å². The van der Waals surface area contributed by atoms with Crippen LogP contribution in [0.15, 0.2) is 11.6 Å². The van der Waals surface area contributed by atoms with E-state index in [0.717, 1.165) is 6.08 Å². The van der Waals surface area contributed by atoms with Crippen LogP contribution < -0.4 is 0 Å². The first kappa shape index (κ1) is 9.70. The zero-order valence-electron chi connectivity index (χ0n) is 6.66. The SMILES string of the molecule is CC(C)CC(=CC#N)C(=O)O. The van der Waals surface area contributed by atoms with E-state index in [-0.39, 0.29) is 11.5 Å². The Hall–Kier alpha value is -1.30. The van der Waals surface area contributed by atoms with E-state index in [1.807, 2.05) is 13.8 Å². The van der Waals surface area contributed by atoms with Crippen molar-refractivity contribution < 1.29 is 9.90 Å². The standard InChI is InChI=1S/C8H11NO2/c1-6(2)5-7(3-4-9)8(10)11/h3,6H,5H2,1-2H3,(H,10,11).